The third-order valence-corrected chi connectivity index (χ3v) is 4.22. The molecule has 0 saturated carbocycles. The van der Waals surface area contributed by atoms with E-state index >= 15 is 0 Å². The Labute approximate surface area is 169 Å². The van der Waals surface area contributed by atoms with E-state index in [0.717, 1.165) is 5.69 Å². The first kappa shape index (κ1) is 19.9. The Morgan fingerprint density at radius 2 is 1.69 bits per heavy atom. The number of pyridine rings is 1. The molecule has 0 bridgehead atoms. The van der Waals surface area contributed by atoms with Gasteiger partial charge in [0.05, 0.1) is 12.7 Å². The van der Waals surface area contributed by atoms with Crippen LogP contribution in [0, 0.1) is 0 Å². The van der Waals surface area contributed by atoms with Gasteiger partial charge in [-0.05, 0) is 54.6 Å². The Morgan fingerprint density at radius 1 is 0.931 bits per heavy atom. The molecule has 0 saturated heterocycles. The number of ether oxygens (including phenoxy) is 1. The highest BCUT2D eigenvalue weighted by Crippen LogP contribution is 2.19. The van der Waals surface area contributed by atoms with Crippen molar-refractivity contribution >= 4 is 34.8 Å². The lowest BCUT2D eigenvalue weighted by atomic mass is 10.2. The molecule has 2 aromatic carbocycles. The number of carbonyl (C=O) groups excluding carboxylic acids is 2. The number of aromatic nitrogens is 1. The van der Waals surface area contributed by atoms with Crippen LogP contribution in [0.1, 0.15) is 20.7 Å². The highest BCUT2D eigenvalue weighted by atomic mass is 16.5. The Morgan fingerprint density at radius 3 is 2.38 bits per heavy atom. The molecular formula is C22H22N4O3. The van der Waals surface area contributed by atoms with Gasteiger partial charge < -0.3 is 20.3 Å². The molecule has 29 heavy (non-hydrogen) atoms. The van der Waals surface area contributed by atoms with Crippen molar-refractivity contribution in [2.24, 2.45) is 0 Å². The van der Waals surface area contributed by atoms with Crippen LogP contribution in [0.15, 0.2) is 66.9 Å². The van der Waals surface area contributed by atoms with E-state index in [1.807, 2.05) is 43.3 Å². The Balaban J connectivity index is 1.72. The quantitative estimate of drug-likeness (QED) is 0.621. The lowest BCUT2D eigenvalue weighted by Gasteiger charge is -2.13. The minimum absolute atomic E-state index is 0.239. The second kappa shape index (κ2) is 8.88. The maximum absolute atomic E-state index is 12.6. The van der Waals surface area contributed by atoms with Crippen LogP contribution < -0.4 is 15.5 Å². The zero-order valence-electron chi connectivity index (χ0n) is 16.5. The van der Waals surface area contributed by atoms with Crippen molar-refractivity contribution in [2.75, 3.05) is 36.7 Å². The highest BCUT2D eigenvalue weighted by Gasteiger charge is 2.10. The molecule has 0 atom stereocenters. The molecule has 3 rings (SSSR count). The summed E-state index contributed by atoms with van der Waals surface area (Å²) in [6.45, 7) is 0. The van der Waals surface area contributed by atoms with Gasteiger partial charge in [-0.25, -0.2) is 9.78 Å². The third kappa shape index (κ3) is 5.10. The summed E-state index contributed by atoms with van der Waals surface area (Å²) in [5.41, 5.74) is 3.30. The molecule has 1 heterocycles. The average molecular weight is 390 g/mol. The largest absolute Gasteiger partial charge is 0.465 e. The standard InChI is InChI=1S/C22H22N4O3/c1-26(2)19-9-7-17(8-10-19)25-21(27)15-11-12-23-20(14-15)24-18-6-4-5-16(13-18)22(28)29-3/h4-14H,1-3H3,(H,23,24)(H,25,27). The molecule has 3 aromatic rings. The SMILES string of the molecule is COC(=O)c1cccc(Nc2cc(C(=O)Nc3ccc(N(C)C)cc3)ccn2)c1. The number of hydrogen-bond donors (Lipinski definition) is 2. The summed E-state index contributed by atoms with van der Waals surface area (Å²) < 4.78 is 4.73. The highest BCUT2D eigenvalue weighted by molar-refractivity contribution is 6.04. The summed E-state index contributed by atoms with van der Waals surface area (Å²) in [5, 5.41) is 5.97. The smallest absolute Gasteiger partial charge is 0.337 e. The van der Waals surface area contributed by atoms with Gasteiger partial charge in [-0.2, -0.15) is 0 Å². The molecule has 7 heteroatoms. The van der Waals surface area contributed by atoms with Crippen LogP contribution in [0.3, 0.4) is 0 Å². The van der Waals surface area contributed by atoms with Gasteiger partial charge in [0.1, 0.15) is 5.82 Å². The van der Waals surface area contributed by atoms with E-state index in [1.54, 1.807) is 42.6 Å². The number of hydrogen-bond acceptors (Lipinski definition) is 6. The summed E-state index contributed by atoms with van der Waals surface area (Å²) >= 11 is 0. The van der Waals surface area contributed by atoms with E-state index in [-0.39, 0.29) is 5.91 Å². The van der Waals surface area contributed by atoms with Crippen LogP contribution in [-0.4, -0.2) is 38.1 Å². The zero-order valence-corrected chi connectivity index (χ0v) is 16.5. The molecule has 0 aliphatic heterocycles. The van der Waals surface area contributed by atoms with Crippen LogP contribution in [0.25, 0.3) is 0 Å². The van der Waals surface area contributed by atoms with Crippen molar-refractivity contribution in [3.8, 4) is 0 Å². The fraction of sp³-hybridized carbons (Fsp3) is 0.136. The molecule has 148 valence electrons. The molecule has 0 aliphatic carbocycles. The molecular weight excluding hydrogens is 368 g/mol. The molecule has 0 unspecified atom stereocenters. The molecule has 1 aromatic heterocycles. The number of amides is 1. The number of carbonyl (C=O) groups is 2. The third-order valence-electron chi connectivity index (χ3n) is 4.22. The average Bonchev–Trinajstić information content (AvgIpc) is 2.74. The summed E-state index contributed by atoms with van der Waals surface area (Å²) in [6, 6.07) is 17.7. The number of anilines is 4. The van der Waals surface area contributed by atoms with E-state index in [0.29, 0.717) is 28.3 Å². The van der Waals surface area contributed by atoms with Gasteiger partial charge in [0.15, 0.2) is 0 Å². The molecule has 7 nitrogen and oxygen atoms in total. The summed E-state index contributed by atoms with van der Waals surface area (Å²) in [5.74, 6) is -0.172. The van der Waals surface area contributed by atoms with Crippen LogP contribution in [0.2, 0.25) is 0 Å². The van der Waals surface area contributed by atoms with E-state index in [4.69, 9.17) is 4.74 Å². The van der Waals surface area contributed by atoms with Gasteiger partial charge in [-0.15, -0.1) is 0 Å². The zero-order chi connectivity index (χ0) is 20.8. The first-order chi connectivity index (χ1) is 14.0. The fourth-order valence-electron chi connectivity index (χ4n) is 2.68. The van der Waals surface area contributed by atoms with E-state index < -0.39 is 5.97 Å². The predicted molar refractivity (Wildman–Crippen MR) is 114 cm³/mol. The van der Waals surface area contributed by atoms with E-state index in [9.17, 15) is 9.59 Å². The number of methoxy groups -OCH3 is 1. The second-order valence-corrected chi connectivity index (χ2v) is 6.52. The minimum Gasteiger partial charge on any atom is -0.465 e. The second-order valence-electron chi connectivity index (χ2n) is 6.52. The van der Waals surface area contributed by atoms with E-state index in [1.165, 1.54) is 7.11 Å². The number of esters is 1. The first-order valence-corrected chi connectivity index (χ1v) is 8.96. The molecule has 0 spiro atoms. The van der Waals surface area contributed by atoms with Gasteiger partial charge in [0, 0.05) is 42.9 Å². The van der Waals surface area contributed by atoms with Crippen LogP contribution in [0.5, 0.6) is 0 Å². The van der Waals surface area contributed by atoms with Crippen LogP contribution in [0.4, 0.5) is 22.9 Å². The fourth-order valence-corrected chi connectivity index (χ4v) is 2.68. The predicted octanol–water partition coefficient (Wildman–Crippen LogP) is 3.93. The molecule has 0 fully saturated rings. The monoisotopic (exact) mass is 390 g/mol. The number of nitrogens with one attached hydrogen (secondary N) is 2. The Kier molecular flexibility index (Phi) is 6.09. The normalized spacial score (nSPS) is 10.2. The van der Waals surface area contributed by atoms with E-state index in [2.05, 4.69) is 15.6 Å². The van der Waals surface area contributed by atoms with Crippen molar-refractivity contribution in [1.82, 2.24) is 4.98 Å². The van der Waals surface area contributed by atoms with Gasteiger partial charge in [0.2, 0.25) is 0 Å². The molecule has 0 aliphatic rings. The van der Waals surface area contributed by atoms with Crippen molar-refractivity contribution in [1.29, 1.82) is 0 Å². The van der Waals surface area contributed by atoms with Crippen LogP contribution >= 0.6 is 0 Å². The van der Waals surface area contributed by atoms with Gasteiger partial charge in [0.25, 0.3) is 5.91 Å². The summed E-state index contributed by atoms with van der Waals surface area (Å²) in [6.07, 6.45) is 1.55. The van der Waals surface area contributed by atoms with Crippen molar-refractivity contribution in [3.05, 3.63) is 78.0 Å². The van der Waals surface area contributed by atoms with Crippen molar-refractivity contribution in [3.63, 3.8) is 0 Å². The topological polar surface area (TPSA) is 83.6 Å². The van der Waals surface area contributed by atoms with Gasteiger partial charge in [-0.3, -0.25) is 4.79 Å². The number of benzene rings is 2. The minimum atomic E-state index is -0.421. The first-order valence-electron chi connectivity index (χ1n) is 8.96. The lowest BCUT2D eigenvalue weighted by Crippen LogP contribution is -2.13. The summed E-state index contributed by atoms with van der Waals surface area (Å²) in [4.78, 5) is 30.5. The molecule has 2 N–H and O–H groups in total. The summed E-state index contributed by atoms with van der Waals surface area (Å²) in [7, 11) is 5.25. The molecule has 1 amide bonds. The Hall–Kier alpha value is -3.87. The number of nitrogens with zero attached hydrogens (tertiary/aromatic N) is 2. The van der Waals surface area contributed by atoms with Crippen molar-refractivity contribution < 1.29 is 14.3 Å². The van der Waals surface area contributed by atoms with Gasteiger partial charge >= 0.3 is 5.97 Å². The lowest BCUT2D eigenvalue weighted by molar-refractivity contribution is 0.0600. The Bertz CT molecular complexity index is 1020. The van der Waals surface area contributed by atoms with Crippen LogP contribution in [-0.2, 0) is 4.74 Å². The number of rotatable bonds is 6. The van der Waals surface area contributed by atoms with Gasteiger partial charge in [-0.1, -0.05) is 6.07 Å². The van der Waals surface area contributed by atoms with Crippen molar-refractivity contribution in [2.45, 2.75) is 0 Å². The molecule has 0 radical (unpaired) electrons. The maximum Gasteiger partial charge on any atom is 0.337 e. The maximum atomic E-state index is 12.6.